The molecule has 0 amide bonds. The fourth-order valence-electron chi connectivity index (χ4n) is 1.41. The summed E-state index contributed by atoms with van der Waals surface area (Å²) < 4.78 is 5.46. The van der Waals surface area contributed by atoms with Crippen LogP contribution in [-0.4, -0.2) is 21.0 Å². The van der Waals surface area contributed by atoms with Crippen LogP contribution in [0, 0.1) is 13.8 Å². The predicted molar refractivity (Wildman–Crippen MR) is 67.1 cm³/mol. The molecule has 18 heavy (non-hydrogen) atoms. The minimum Gasteiger partial charge on any atom is -0.484 e. The maximum Gasteiger partial charge on any atom is 0.339 e. The molecule has 0 bridgehead atoms. The van der Waals surface area contributed by atoms with E-state index in [0.29, 0.717) is 0 Å². The zero-order valence-electron chi connectivity index (χ0n) is 10.0. The van der Waals surface area contributed by atoms with Gasteiger partial charge in [-0.2, -0.15) is 0 Å². The van der Waals surface area contributed by atoms with Crippen molar-refractivity contribution in [3.63, 3.8) is 0 Å². The molecule has 0 fully saturated rings. The van der Waals surface area contributed by atoms with Crippen LogP contribution < -0.4 is 4.74 Å². The standard InChI is InChI=1S/C12H12N2O3S/c1-7-8(2)18-11(14-7)6-17-10-5-13-4-3-9(10)12(15)16/h3-5H,6H2,1-2H3,(H,15,16). The Bertz CT molecular complexity index is 561. The quantitative estimate of drug-likeness (QED) is 0.918. The Balaban J connectivity index is 2.13. The highest BCUT2D eigenvalue weighted by atomic mass is 32.1. The molecular weight excluding hydrogens is 252 g/mol. The van der Waals surface area contributed by atoms with Crippen molar-refractivity contribution in [3.05, 3.63) is 39.6 Å². The summed E-state index contributed by atoms with van der Waals surface area (Å²) >= 11 is 1.54. The normalized spacial score (nSPS) is 10.3. The smallest absolute Gasteiger partial charge is 0.339 e. The van der Waals surface area contributed by atoms with Crippen molar-refractivity contribution in [1.29, 1.82) is 0 Å². The van der Waals surface area contributed by atoms with Crippen LogP contribution in [-0.2, 0) is 6.61 Å². The number of hydrogen-bond donors (Lipinski definition) is 1. The minimum absolute atomic E-state index is 0.106. The van der Waals surface area contributed by atoms with Crippen molar-refractivity contribution in [1.82, 2.24) is 9.97 Å². The van der Waals surface area contributed by atoms with Crippen LogP contribution in [0.2, 0.25) is 0 Å². The number of aromatic carboxylic acids is 1. The van der Waals surface area contributed by atoms with Crippen molar-refractivity contribution in [2.24, 2.45) is 0 Å². The van der Waals surface area contributed by atoms with Crippen molar-refractivity contribution < 1.29 is 14.6 Å². The monoisotopic (exact) mass is 264 g/mol. The summed E-state index contributed by atoms with van der Waals surface area (Å²) in [5, 5.41) is 9.81. The summed E-state index contributed by atoms with van der Waals surface area (Å²) in [7, 11) is 0. The number of aromatic nitrogens is 2. The van der Waals surface area contributed by atoms with E-state index in [2.05, 4.69) is 9.97 Å². The van der Waals surface area contributed by atoms with Gasteiger partial charge in [0.05, 0.1) is 11.9 Å². The van der Waals surface area contributed by atoms with Gasteiger partial charge in [0.25, 0.3) is 0 Å². The van der Waals surface area contributed by atoms with Gasteiger partial charge in [-0.3, -0.25) is 4.98 Å². The average Bonchev–Trinajstić information content (AvgIpc) is 2.66. The van der Waals surface area contributed by atoms with Crippen molar-refractivity contribution in [2.75, 3.05) is 0 Å². The van der Waals surface area contributed by atoms with Crippen LogP contribution in [0.3, 0.4) is 0 Å². The van der Waals surface area contributed by atoms with Gasteiger partial charge in [-0.15, -0.1) is 11.3 Å². The van der Waals surface area contributed by atoms with Crippen molar-refractivity contribution >= 4 is 17.3 Å². The molecule has 0 atom stereocenters. The largest absolute Gasteiger partial charge is 0.484 e. The van der Waals surface area contributed by atoms with Crippen molar-refractivity contribution in [3.8, 4) is 5.75 Å². The van der Waals surface area contributed by atoms with Crippen molar-refractivity contribution in [2.45, 2.75) is 20.5 Å². The highest BCUT2D eigenvalue weighted by Crippen LogP contribution is 2.21. The van der Waals surface area contributed by atoms with E-state index in [-0.39, 0.29) is 17.9 Å². The molecule has 0 saturated heterocycles. The van der Waals surface area contributed by atoms with E-state index >= 15 is 0 Å². The summed E-state index contributed by atoms with van der Waals surface area (Å²) in [6, 6.07) is 1.41. The second-order valence-electron chi connectivity index (χ2n) is 3.71. The molecular formula is C12H12N2O3S. The maximum absolute atomic E-state index is 11.0. The number of carboxylic acid groups (broad SMARTS) is 1. The molecule has 0 radical (unpaired) electrons. The van der Waals surface area contributed by atoms with Gasteiger partial charge in [-0.1, -0.05) is 0 Å². The van der Waals surface area contributed by atoms with Gasteiger partial charge in [-0.25, -0.2) is 9.78 Å². The second kappa shape index (κ2) is 5.14. The molecule has 5 nitrogen and oxygen atoms in total. The summed E-state index contributed by atoms with van der Waals surface area (Å²) in [4.78, 5) is 20.3. The van der Waals surface area contributed by atoms with Gasteiger partial charge >= 0.3 is 5.97 Å². The molecule has 0 unspecified atom stereocenters. The Morgan fingerprint density at radius 1 is 1.50 bits per heavy atom. The third-order valence-electron chi connectivity index (χ3n) is 2.44. The number of rotatable bonds is 4. The van der Waals surface area contributed by atoms with E-state index in [1.807, 2.05) is 13.8 Å². The Morgan fingerprint density at radius 3 is 2.89 bits per heavy atom. The van der Waals surface area contributed by atoms with Crippen LogP contribution in [0.15, 0.2) is 18.5 Å². The Morgan fingerprint density at radius 2 is 2.28 bits per heavy atom. The van der Waals surface area contributed by atoms with Crippen LogP contribution in [0.5, 0.6) is 5.75 Å². The molecule has 94 valence electrons. The molecule has 0 aliphatic rings. The van der Waals surface area contributed by atoms with E-state index < -0.39 is 5.97 Å². The van der Waals surface area contributed by atoms with Gasteiger partial charge in [0.2, 0.25) is 0 Å². The SMILES string of the molecule is Cc1nc(COc2cnccc2C(=O)O)sc1C. The van der Waals surface area contributed by atoms with Gasteiger partial charge in [0.15, 0.2) is 5.75 Å². The third-order valence-corrected chi connectivity index (χ3v) is 3.49. The summed E-state index contributed by atoms with van der Waals surface area (Å²) in [5.41, 5.74) is 1.08. The summed E-state index contributed by atoms with van der Waals surface area (Å²) in [6.45, 7) is 4.18. The number of ether oxygens (including phenoxy) is 1. The van der Waals surface area contributed by atoms with Gasteiger partial charge < -0.3 is 9.84 Å². The van der Waals surface area contributed by atoms with Crippen LogP contribution in [0.4, 0.5) is 0 Å². The number of carboxylic acids is 1. The molecule has 6 heteroatoms. The van der Waals surface area contributed by atoms with E-state index in [0.717, 1.165) is 15.6 Å². The lowest BCUT2D eigenvalue weighted by atomic mass is 10.2. The fourth-order valence-corrected chi connectivity index (χ4v) is 2.26. The second-order valence-corrected chi connectivity index (χ2v) is 5.00. The zero-order valence-corrected chi connectivity index (χ0v) is 10.8. The molecule has 2 heterocycles. The summed E-state index contributed by atoms with van der Waals surface area (Å²) in [6.07, 6.45) is 2.82. The molecule has 0 aliphatic carbocycles. The van der Waals surface area contributed by atoms with E-state index in [9.17, 15) is 4.79 Å². The highest BCUT2D eigenvalue weighted by Gasteiger charge is 2.12. The lowest BCUT2D eigenvalue weighted by Crippen LogP contribution is -2.03. The van der Waals surface area contributed by atoms with E-state index in [1.54, 1.807) is 11.3 Å². The number of carbonyl (C=O) groups is 1. The first-order valence-electron chi connectivity index (χ1n) is 5.31. The molecule has 0 saturated carbocycles. The number of hydrogen-bond acceptors (Lipinski definition) is 5. The fraction of sp³-hybridized carbons (Fsp3) is 0.250. The van der Waals surface area contributed by atoms with E-state index in [1.165, 1.54) is 18.5 Å². The molecule has 2 rings (SSSR count). The first-order chi connectivity index (χ1) is 8.58. The maximum atomic E-state index is 11.0. The molecule has 0 aromatic carbocycles. The molecule has 0 spiro atoms. The highest BCUT2D eigenvalue weighted by molar-refractivity contribution is 7.11. The molecule has 1 N–H and O–H groups in total. The van der Waals surface area contributed by atoms with Gasteiger partial charge in [0, 0.05) is 11.1 Å². The van der Waals surface area contributed by atoms with E-state index in [4.69, 9.17) is 9.84 Å². The topological polar surface area (TPSA) is 72.3 Å². The predicted octanol–water partition coefficient (Wildman–Crippen LogP) is 2.43. The lowest BCUT2D eigenvalue weighted by Gasteiger charge is -2.06. The Labute approximate surface area is 108 Å². The zero-order chi connectivity index (χ0) is 13.1. The Hall–Kier alpha value is -1.95. The minimum atomic E-state index is -1.03. The number of thiazole rings is 1. The third kappa shape index (κ3) is 2.65. The number of nitrogens with zero attached hydrogens (tertiary/aromatic N) is 2. The average molecular weight is 264 g/mol. The van der Waals surface area contributed by atoms with Crippen LogP contribution in [0.25, 0.3) is 0 Å². The number of pyridine rings is 1. The van der Waals surface area contributed by atoms with Gasteiger partial charge in [-0.05, 0) is 19.9 Å². The van der Waals surface area contributed by atoms with Crippen LogP contribution >= 0.6 is 11.3 Å². The number of aryl methyl sites for hydroxylation is 2. The molecule has 2 aromatic rings. The lowest BCUT2D eigenvalue weighted by molar-refractivity contribution is 0.0691. The first kappa shape index (κ1) is 12.5. The first-order valence-corrected chi connectivity index (χ1v) is 6.12. The summed E-state index contributed by atoms with van der Waals surface area (Å²) in [5.74, 6) is -0.769. The Kier molecular flexibility index (Phi) is 3.57. The van der Waals surface area contributed by atoms with Crippen LogP contribution in [0.1, 0.15) is 25.9 Å². The molecule has 0 aliphatic heterocycles. The molecule has 2 aromatic heterocycles. The van der Waals surface area contributed by atoms with Gasteiger partial charge in [0.1, 0.15) is 17.2 Å².